The molecule has 0 radical (unpaired) electrons. The van der Waals surface area contributed by atoms with Gasteiger partial charge in [0, 0.05) is 0 Å². The van der Waals surface area contributed by atoms with E-state index < -0.39 is 0 Å². The highest BCUT2D eigenvalue weighted by Gasteiger charge is 2.59. The Morgan fingerprint density at radius 2 is 1.83 bits per heavy atom. The number of fused-ring (bicyclic) bond motifs is 5. The topological polar surface area (TPSA) is 40.5 Å². The smallest absolute Gasteiger partial charge is 0.0724 e. The Labute approximate surface area is 141 Å². The van der Waals surface area contributed by atoms with E-state index in [1.54, 1.807) is 5.57 Å². The van der Waals surface area contributed by atoms with Crippen LogP contribution in [0.1, 0.15) is 72.1 Å². The number of allylic oxidation sites excluding steroid dienone is 1. The van der Waals surface area contributed by atoms with Crippen LogP contribution in [0.25, 0.3) is 0 Å². The lowest BCUT2D eigenvalue weighted by atomic mass is 9.46. The Bertz CT molecular complexity index is 510. The zero-order valence-electron chi connectivity index (χ0n) is 15.1. The second-order valence-electron chi connectivity index (χ2n) is 9.60. The van der Waals surface area contributed by atoms with E-state index in [2.05, 4.69) is 19.9 Å². The molecule has 23 heavy (non-hydrogen) atoms. The van der Waals surface area contributed by atoms with Crippen molar-refractivity contribution in [2.75, 3.05) is 0 Å². The van der Waals surface area contributed by atoms with Gasteiger partial charge in [-0.15, -0.1) is 0 Å². The Morgan fingerprint density at radius 3 is 2.57 bits per heavy atom. The molecule has 2 nitrogen and oxygen atoms in total. The molecule has 0 amide bonds. The van der Waals surface area contributed by atoms with E-state index in [0.717, 1.165) is 24.2 Å². The van der Waals surface area contributed by atoms with Gasteiger partial charge in [0.1, 0.15) is 0 Å². The molecule has 4 rings (SSSR count). The van der Waals surface area contributed by atoms with E-state index in [1.807, 2.05) is 6.92 Å². The predicted molar refractivity (Wildman–Crippen MR) is 92.9 cm³/mol. The summed E-state index contributed by atoms with van der Waals surface area (Å²) in [7, 11) is 0. The van der Waals surface area contributed by atoms with E-state index in [9.17, 15) is 10.2 Å². The molecule has 3 fully saturated rings. The molecule has 0 aromatic rings. The van der Waals surface area contributed by atoms with Crippen LogP contribution < -0.4 is 0 Å². The van der Waals surface area contributed by atoms with Gasteiger partial charge in [-0.25, -0.2) is 0 Å². The van der Waals surface area contributed by atoms with Crippen LogP contribution in [0.5, 0.6) is 0 Å². The first-order chi connectivity index (χ1) is 10.9. The van der Waals surface area contributed by atoms with Crippen LogP contribution in [-0.2, 0) is 0 Å². The maximum Gasteiger partial charge on any atom is 0.0724 e. The van der Waals surface area contributed by atoms with E-state index >= 15 is 0 Å². The van der Waals surface area contributed by atoms with Gasteiger partial charge in [-0.1, -0.05) is 25.5 Å². The molecular formula is C21H34O2. The summed E-state index contributed by atoms with van der Waals surface area (Å²) in [5.41, 5.74) is 2.26. The van der Waals surface area contributed by atoms with Gasteiger partial charge in [-0.05, 0) is 92.8 Å². The van der Waals surface area contributed by atoms with Crippen LogP contribution in [0.4, 0.5) is 0 Å². The highest BCUT2D eigenvalue weighted by Crippen LogP contribution is 2.67. The summed E-state index contributed by atoms with van der Waals surface area (Å²) in [6.45, 7) is 6.98. The summed E-state index contributed by atoms with van der Waals surface area (Å²) in [6.07, 6.45) is 11.6. The molecule has 2 N–H and O–H groups in total. The molecule has 0 aliphatic heterocycles. The molecule has 0 aromatic carbocycles. The first-order valence-electron chi connectivity index (χ1n) is 9.93. The minimum absolute atomic E-state index is 0.152. The number of hydrogen-bond acceptors (Lipinski definition) is 2. The average molecular weight is 319 g/mol. The third-order valence-corrected chi connectivity index (χ3v) is 8.74. The lowest BCUT2D eigenvalue weighted by Crippen LogP contribution is -2.51. The molecule has 0 aromatic heterocycles. The lowest BCUT2D eigenvalue weighted by Gasteiger charge is -2.58. The van der Waals surface area contributed by atoms with Crippen LogP contribution in [0.15, 0.2) is 11.6 Å². The Kier molecular flexibility index (Phi) is 3.74. The molecule has 0 saturated heterocycles. The molecule has 0 spiro atoms. The average Bonchev–Trinajstić information content (AvgIpc) is 2.85. The first-order valence-corrected chi connectivity index (χ1v) is 9.93. The summed E-state index contributed by atoms with van der Waals surface area (Å²) in [4.78, 5) is 0. The second kappa shape index (κ2) is 5.33. The summed E-state index contributed by atoms with van der Waals surface area (Å²) in [6, 6.07) is 0. The van der Waals surface area contributed by atoms with Gasteiger partial charge in [0.05, 0.1) is 12.2 Å². The van der Waals surface area contributed by atoms with Gasteiger partial charge in [0.25, 0.3) is 0 Å². The maximum atomic E-state index is 10.3. The predicted octanol–water partition coefficient (Wildman–Crippen LogP) is 4.31. The SMILES string of the molecule is C[C@H](O)[C@H]1CC[C@H]2[C@@H]3CCC4=C[C@H](O)CC[C@]4(C)[C@H]3CC[C@]12C. The fourth-order valence-corrected chi connectivity index (χ4v) is 7.54. The van der Waals surface area contributed by atoms with Crippen molar-refractivity contribution in [3.8, 4) is 0 Å². The van der Waals surface area contributed by atoms with E-state index in [1.165, 1.54) is 44.9 Å². The van der Waals surface area contributed by atoms with E-state index in [4.69, 9.17) is 0 Å². The molecule has 130 valence electrons. The first kappa shape index (κ1) is 16.1. The molecule has 0 heterocycles. The Balaban J connectivity index is 1.64. The van der Waals surface area contributed by atoms with Crippen molar-refractivity contribution in [2.45, 2.75) is 84.3 Å². The van der Waals surface area contributed by atoms with Gasteiger partial charge in [0.15, 0.2) is 0 Å². The van der Waals surface area contributed by atoms with Gasteiger partial charge in [-0.2, -0.15) is 0 Å². The summed E-state index contributed by atoms with van der Waals surface area (Å²) in [5, 5.41) is 20.3. The van der Waals surface area contributed by atoms with Crippen molar-refractivity contribution in [2.24, 2.45) is 34.5 Å². The van der Waals surface area contributed by atoms with Crippen molar-refractivity contribution in [1.82, 2.24) is 0 Å². The zero-order chi connectivity index (χ0) is 16.4. The third kappa shape index (κ3) is 2.20. The van der Waals surface area contributed by atoms with Crippen molar-refractivity contribution >= 4 is 0 Å². The van der Waals surface area contributed by atoms with Crippen molar-refractivity contribution in [3.05, 3.63) is 11.6 Å². The van der Waals surface area contributed by atoms with Gasteiger partial charge < -0.3 is 10.2 Å². The minimum atomic E-state index is -0.199. The fourth-order valence-electron chi connectivity index (χ4n) is 7.54. The number of aliphatic hydroxyl groups excluding tert-OH is 2. The van der Waals surface area contributed by atoms with Crippen LogP contribution in [0.3, 0.4) is 0 Å². The Hall–Kier alpha value is -0.340. The summed E-state index contributed by atoms with van der Waals surface area (Å²) < 4.78 is 0. The monoisotopic (exact) mass is 318 g/mol. The highest BCUT2D eigenvalue weighted by atomic mass is 16.3. The minimum Gasteiger partial charge on any atom is -0.393 e. The molecule has 4 aliphatic carbocycles. The van der Waals surface area contributed by atoms with Crippen LogP contribution >= 0.6 is 0 Å². The molecule has 0 bridgehead atoms. The largest absolute Gasteiger partial charge is 0.393 e. The Morgan fingerprint density at radius 1 is 1.04 bits per heavy atom. The van der Waals surface area contributed by atoms with Gasteiger partial charge in [-0.3, -0.25) is 0 Å². The summed E-state index contributed by atoms with van der Waals surface area (Å²) in [5.74, 6) is 2.97. The molecule has 4 aliphatic rings. The molecule has 2 heteroatoms. The fraction of sp³-hybridized carbons (Fsp3) is 0.905. The maximum absolute atomic E-state index is 10.3. The number of rotatable bonds is 1. The number of aliphatic hydroxyl groups is 2. The molecule has 8 atom stereocenters. The normalized spacial score (nSPS) is 53.8. The van der Waals surface area contributed by atoms with E-state index in [-0.39, 0.29) is 12.2 Å². The molecule has 3 saturated carbocycles. The molecular weight excluding hydrogens is 284 g/mol. The van der Waals surface area contributed by atoms with Crippen LogP contribution in [-0.4, -0.2) is 22.4 Å². The third-order valence-electron chi connectivity index (χ3n) is 8.74. The summed E-state index contributed by atoms with van der Waals surface area (Å²) >= 11 is 0. The van der Waals surface area contributed by atoms with E-state index in [0.29, 0.717) is 16.7 Å². The highest BCUT2D eigenvalue weighted by molar-refractivity contribution is 5.25. The molecule has 0 unspecified atom stereocenters. The van der Waals surface area contributed by atoms with Crippen molar-refractivity contribution in [3.63, 3.8) is 0 Å². The van der Waals surface area contributed by atoms with Gasteiger partial charge >= 0.3 is 0 Å². The van der Waals surface area contributed by atoms with Crippen molar-refractivity contribution < 1.29 is 10.2 Å². The standard InChI is InChI=1S/C21H34O2/c1-13(22)17-6-7-18-16-5-4-14-12-15(23)8-10-20(14,2)19(16)9-11-21(17,18)3/h12-13,15-19,22-23H,4-11H2,1-3H3/t13-,15+,16-,17+,18-,19-,20-,21+/m0/s1. The lowest BCUT2D eigenvalue weighted by molar-refractivity contribution is -0.0725. The van der Waals surface area contributed by atoms with Crippen LogP contribution in [0.2, 0.25) is 0 Å². The zero-order valence-corrected chi connectivity index (χ0v) is 15.1. The van der Waals surface area contributed by atoms with Gasteiger partial charge in [0.2, 0.25) is 0 Å². The van der Waals surface area contributed by atoms with Crippen LogP contribution in [0, 0.1) is 34.5 Å². The second-order valence-corrected chi connectivity index (χ2v) is 9.60. The quantitative estimate of drug-likeness (QED) is 0.707. The van der Waals surface area contributed by atoms with Crippen molar-refractivity contribution in [1.29, 1.82) is 0 Å². The number of hydrogen-bond donors (Lipinski definition) is 2.